The van der Waals surface area contributed by atoms with E-state index < -0.39 is 0 Å². The molecule has 3 heteroatoms. The van der Waals surface area contributed by atoms with E-state index in [1.807, 2.05) is 62.2 Å². The highest BCUT2D eigenvalue weighted by Gasteiger charge is 2.11. The van der Waals surface area contributed by atoms with Crippen molar-refractivity contribution in [3.05, 3.63) is 59.4 Å². The molecule has 0 saturated carbocycles. The van der Waals surface area contributed by atoms with E-state index >= 15 is 0 Å². The van der Waals surface area contributed by atoms with Crippen LogP contribution in [-0.4, -0.2) is 13.1 Å². The largest absolute Gasteiger partial charge is 0.342 e. The molecule has 0 spiro atoms. The van der Waals surface area contributed by atoms with E-state index in [0.29, 0.717) is 12.1 Å². The third-order valence-corrected chi connectivity index (χ3v) is 3.32. The van der Waals surface area contributed by atoms with E-state index in [1.165, 1.54) is 0 Å². The van der Waals surface area contributed by atoms with Crippen LogP contribution in [0, 0.1) is 12.7 Å². The van der Waals surface area contributed by atoms with Gasteiger partial charge < -0.3 is 10.6 Å². The van der Waals surface area contributed by atoms with Gasteiger partial charge >= 0.3 is 0 Å². The summed E-state index contributed by atoms with van der Waals surface area (Å²) in [6.07, 6.45) is 0.686. The van der Waals surface area contributed by atoms with Crippen LogP contribution in [0.15, 0.2) is 42.5 Å². The van der Waals surface area contributed by atoms with Crippen molar-refractivity contribution >= 4 is 11.4 Å². The smallest absolute Gasteiger partial charge is 0.147 e. The molecule has 0 heterocycles. The summed E-state index contributed by atoms with van der Waals surface area (Å²) in [7, 11) is 1.87. The molecule has 0 saturated heterocycles. The zero-order valence-electron chi connectivity index (χ0n) is 12.2. The minimum Gasteiger partial charge on any atom is -0.342 e. The van der Waals surface area contributed by atoms with Gasteiger partial charge in [0.05, 0.1) is 5.69 Å². The summed E-state index contributed by atoms with van der Waals surface area (Å²) in [6.45, 7) is 3.95. The number of hydrogen-bond donors (Lipinski definition) is 1. The second-order valence-corrected chi connectivity index (χ2v) is 5.37. The van der Waals surface area contributed by atoms with Crippen LogP contribution >= 0.6 is 0 Å². The molecule has 1 atom stereocenters. The minimum atomic E-state index is -0.216. The van der Waals surface area contributed by atoms with Crippen LogP contribution in [0.1, 0.15) is 18.1 Å². The Morgan fingerprint density at radius 3 is 2.55 bits per heavy atom. The molecule has 1 unspecified atom stereocenters. The van der Waals surface area contributed by atoms with E-state index in [0.717, 1.165) is 16.8 Å². The summed E-state index contributed by atoms with van der Waals surface area (Å²) in [5.74, 6) is -0.216. The Morgan fingerprint density at radius 1 is 1.20 bits per heavy atom. The molecule has 0 aliphatic rings. The van der Waals surface area contributed by atoms with Gasteiger partial charge in [0.1, 0.15) is 5.82 Å². The van der Waals surface area contributed by atoms with Crippen LogP contribution in [0.5, 0.6) is 0 Å². The second-order valence-electron chi connectivity index (χ2n) is 5.37. The first-order valence-corrected chi connectivity index (χ1v) is 6.82. The van der Waals surface area contributed by atoms with E-state index in [2.05, 4.69) is 0 Å². The van der Waals surface area contributed by atoms with Gasteiger partial charge in [-0.2, -0.15) is 0 Å². The predicted octanol–water partition coefficient (Wildman–Crippen LogP) is 3.79. The van der Waals surface area contributed by atoms with Gasteiger partial charge in [0, 0.05) is 18.8 Å². The first kappa shape index (κ1) is 14.5. The summed E-state index contributed by atoms with van der Waals surface area (Å²) in [6, 6.07) is 13.4. The van der Waals surface area contributed by atoms with Gasteiger partial charge in [-0.25, -0.2) is 4.39 Å². The molecule has 2 rings (SSSR count). The third kappa shape index (κ3) is 3.36. The third-order valence-electron chi connectivity index (χ3n) is 3.32. The second kappa shape index (κ2) is 6.06. The fourth-order valence-corrected chi connectivity index (χ4v) is 2.30. The Kier molecular flexibility index (Phi) is 4.40. The van der Waals surface area contributed by atoms with Crippen LogP contribution in [0.2, 0.25) is 0 Å². The lowest BCUT2D eigenvalue weighted by Gasteiger charge is -2.21. The van der Waals surface area contributed by atoms with Crippen molar-refractivity contribution in [1.82, 2.24) is 0 Å². The zero-order chi connectivity index (χ0) is 14.7. The van der Waals surface area contributed by atoms with Crippen LogP contribution in [0.25, 0.3) is 0 Å². The maximum absolute atomic E-state index is 14.3. The van der Waals surface area contributed by atoms with E-state index in [9.17, 15) is 4.39 Å². The molecule has 0 fully saturated rings. The lowest BCUT2D eigenvalue weighted by Crippen LogP contribution is -2.18. The van der Waals surface area contributed by atoms with Gasteiger partial charge in [-0.15, -0.1) is 0 Å². The van der Waals surface area contributed by atoms with Crippen molar-refractivity contribution in [2.24, 2.45) is 5.73 Å². The Morgan fingerprint density at radius 2 is 1.95 bits per heavy atom. The van der Waals surface area contributed by atoms with Crippen molar-refractivity contribution < 1.29 is 4.39 Å². The molecule has 20 heavy (non-hydrogen) atoms. The molecule has 106 valence electrons. The molecule has 2 N–H and O–H groups in total. The fraction of sp³-hybridized carbons (Fsp3) is 0.294. The number of nitrogens with two attached hydrogens (primary N) is 1. The molecule has 0 aliphatic carbocycles. The summed E-state index contributed by atoms with van der Waals surface area (Å²) in [5.41, 5.74) is 9.38. The molecule has 0 radical (unpaired) electrons. The monoisotopic (exact) mass is 272 g/mol. The Balaban J connectivity index is 2.28. The van der Waals surface area contributed by atoms with Gasteiger partial charge in [-0.1, -0.05) is 18.2 Å². The number of halogens is 1. The maximum atomic E-state index is 14.3. The van der Waals surface area contributed by atoms with E-state index in [4.69, 9.17) is 5.73 Å². The Hall–Kier alpha value is -1.87. The number of hydrogen-bond acceptors (Lipinski definition) is 2. The summed E-state index contributed by atoms with van der Waals surface area (Å²) in [5, 5.41) is 0. The van der Waals surface area contributed by atoms with Gasteiger partial charge in [-0.05, 0) is 55.7 Å². The molecule has 0 bridgehead atoms. The Labute approximate surface area is 120 Å². The number of aryl methyl sites for hydroxylation is 1. The van der Waals surface area contributed by atoms with Crippen molar-refractivity contribution in [1.29, 1.82) is 0 Å². The average Bonchev–Trinajstić information content (AvgIpc) is 2.37. The lowest BCUT2D eigenvalue weighted by atomic mass is 10.1. The number of nitrogens with zero attached hydrogens (tertiary/aromatic N) is 1. The highest BCUT2D eigenvalue weighted by atomic mass is 19.1. The molecule has 0 aromatic heterocycles. The van der Waals surface area contributed by atoms with Crippen molar-refractivity contribution in [3.8, 4) is 0 Å². The van der Waals surface area contributed by atoms with E-state index in [-0.39, 0.29) is 11.9 Å². The molecular formula is C17H21FN2. The van der Waals surface area contributed by atoms with Crippen molar-refractivity contribution in [2.75, 3.05) is 11.9 Å². The predicted molar refractivity (Wildman–Crippen MR) is 83.0 cm³/mol. The quantitative estimate of drug-likeness (QED) is 0.917. The zero-order valence-corrected chi connectivity index (χ0v) is 12.2. The number of rotatable bonds is 4. The Bertz CT molecular complexity index is 593. The summed E-state index contributed by atoms with van der Waals surface area (Å²) >= 11 is 0. The topological polar surface area (TPSA) is 29.3 Å². The van der Waals surface area contributed by atoms with Gasteiger partial charge in [0.15, 0.2) is 0 Å². The molecule has 0 amide bonds. The minimum absolute atomic E-state index is 0.0368. The molecule has 2 aromatic carbocycles. The van der Waals surface area contributed by atoms with Gasteiger partial charge in [0.2, 0.25) is 0 Å². The summed E-state index contributed by atoms with van der Waals surface area (Å²) < 4.78 is 14.3. The molecule has 2 aromatic rings. The normalized spacial score (nSPS) is 12.2. The number of benzene rings is 2. The number of anilines is 2. The SMILES string of the molecule is Cc1cccc(N(C)c2ccc(CC(C)N)cc2F)c1. The highest BCUT2D eigenvalue weighted by molar-refractivity contribution is 5.63. The van der Waals surface area contributed by atoms with Gasteiger partial charge in [-0.3, -0.25) is 0 Å². The molecule has 2 nitrogen and oxygen atoms in total. The molecular weight excluding hydrogens is 251 g/mol. The van der Waals surface area contributed by atoms with Crippen LogP contribution in [0.4, 0.5) is 15.8 Å². The lowest BCUT2D eigenvalue weighted by molar-refractivity contribution is 0.622. The van der Waals surface area contributed by atoms with Crippen LogP contribution < -0.4 is 10.6 Å². The van der Waals surface area contributed by atoms with E-state index in [1.54, 1.807) is 6.07 Å². The average molecular weight is 272 g/mol. The van der Waals surface area contributed by atoms with Crippen molar-refractivity contribution in [3.63, 3.8) is 0 Å². The first-order valence-electron chi connectivity index (χ1n) is 6.82. The van der Waals surface area contributed by atoms with Gasteiger partial charge in [0.25, 0.3) is 0 Å². The summed E-state index contributed by atoms with van der Waals surface area (Å²) in [4.78, 5) is 1.86. The van der Waals surface area contributed by atoms with Crippen LogP contribution in [-0.2, 0) is 6.42 Å². The fourth-order valence-electron chi connectivity index (χ4n) is 2.30. The first-order chi connectivity index (χ1) is 9.47. The highest BCUT2D eigenvalue weighted by Crippen LogP contribution is 2.27. The maximum Gasteiger partial charge on any atom is 0.147 e. The van der Waals surface area contributed by atoms with Crippen LogP contribution in [0.3, 0.4) is 0 Å². The molecule has 0 aliphatic heterocycles. The standard InChI is InChI=1S/C17H21FN2/c1-12-5-4-6-15(9-12)20(3)17-8-7-14(10-13(2)19)11-16(17)18/h4-9,11,13H,10,19H2,1-3H3. The van der Waals surface area contributed by atoms with Crippen molar-refractivity contribution in [2.45, 2.75) is 26.3 Å².